The Morgan fingerprint density at radius 3 is 2.78 bits per heavy atom. The van der Waals surface area contributed by atoms with E-state index in [1.807, 2.05) is 6.92 Å². The quantitative estimate of drug-likeness (QED) is 0.626. The van der Waals surface area contributed by atoms with E-state index in [-0.39, 0.29) is 18.0 Å². The SMILES string of the molecule is C#Cc1cn([C@@H]2O[C@H](C)C(O)C2O)c(=O)nc1NC(=O)OCCC(C)CC. The minimum absolute atomic E-state index is 0.110. The number of aromatic nitrogens is 2. The molecule has 2 rings (SSSR count). The molecule has 3 unspecified atom stereocenters. The number of carbonyl (C=O) groups is 1. The maximum absolute atomic E-state index is 12.3. The molecule has 1 saturated heterocycles. The number of rotatable bonds is 6. The van der Waals surface area contributed by atoms with E-state index in [0.29, 0.717) is 5.92 Å². The van der Waals surface area contributed by atoms with Gasteiger partial charge in [-0.1, -0.05) is 26.2 Å². The van der Waals surface area contributed by atoms with Crippen LogP contribution in [0.4, 0.5) is 10.6 Å². The monoisotopic (exact) mass is 379 g/mol. The van der Waals surface area contributed by atoms with Crippen LogP contribution in [-0.4, -0.2) is 50.8 Å². The van der Waals surface area contributed by atoms with Gasteiger partial charge in [-0.3, -0.25) is 9.88 Å². The van der Waals surface area contributed by atoms with Gasteiger partial charge in [-0.15, -0.1) is 6.42 Å². The van der Waals surface area contributed by atoms with Gasteiger partial charge in [0.25, 0.3) is 0 Å². The van der Waals surface area contributed by atoms with Crippen LogP contribution in [-0.2, 0) is 9.47 Å². The van der Waals surface area contributed by atoms with Crippen LogP contribution in [0.25, 0.3) is 0 Å². The minimum Gasteiger partial charge on any atom is -0.449 e. The lowest BCUT2D eigenvalue weighted by molar-refractivity contribution is -0.0350. The molecule has 9 nitrogen and oxygen atoms in total. The van der Waals surface area contributed by atoms with E-state index in [9.17, 15) is 19.8 Å². The van der Waals surface area contributed by atoms with E-state index < -0.39 is 36.3 Å². The zero-order valence-electron chi connectivity index (χ0n) is 15.6. The molecule has 3 N–H and O–H groups in total. The number of nitrogens with one attached hydrogen (secondary N) is 1. The van der Waals surface area contributed by atoms with E-state index in [4.69, 9.17) is 15.9 Å². The number of anilines is 1. The van der Waals surface area contributed by atoms with Gasteiger partial charge in [-0.2, -0.15) is 4.98 Å². The van der Waals surface area contributed by atoms with Crippen LogP contribution in [0.5, 0.6) is 0 Å². The Morgan fingerprint density at radius 2 is 2.22 bits per heavy atom. The Labute approximate surface area is 157 Å². The van der Waals surface area contributed by atoms with Gasteiger partial charge in [0, 0.05) is 6.20 Å². The Morgan fingerprint density at radius 1 is 1.52 bits per heavy atom. The summed E-state index contributed by atoms with van der Waals surface area (Å²) >= 11 is 0. The van der Waals surface area contributed by atoms with Gasteiger partial charge in [0.1, 0.15) is 12.2 Å². The van der Waals surface area contributed by atoms with Gasteiger partial charge in [0.15, 0.2) is 12.0 Å². The maximum Gasteiger partial charge on any atom is 0.412 e. The molecule has 1 aromatic rings. The summed E-state index contributed by atoms with van der Waals surface area (Å²) in [6.07, 6.45) is 3.37. The van der Waals surface area contributed by atoms with Gasteiger partial charge in [-0.05, 0) is 19.3 Å². The summed E-state index contributed by atoms with van der Waals surface area (Å²) in [5.41, 5.74) is -0.687. The molecule has 1 amide bonds. The van der Waals surface area contributed by atoms with Crippen molar-refractivity contribution < 1.29 is 24.5 Å². The number of aliphatic hydroxyl groups is 2. The predicted molar refractivity (Wildman–Crippen MR) is 97.1 cm³/mol. The van der Waals surface area contributed by atoms with Crippen LogP contribution in [0.1, 0.15) is 45.4 Å². The number of terminal acetylenes is 1. The van der Waals surface area contributed by atoms with E-state index in [1.165, 1.54) is 6.20 Å². The standard InChI is InChI=1S/C18H25N3O6/c1-5-10(3)7-8-26-18(25)20-15-12(6-2)9-21(17(24)19-15)16-14(23)13(22)11(4)27-16/h2,9-11,13-14,16,22-23H,5,7-8H2,1,3-4H3,(H,19,20,24,25)/t10?,11-,13?,14?,16-/m1/s1. The highest BCUT2D eigenvalue weighted by atomic mass is 16.6. The molecule has 0 aliphatic carbocycles. The molecular formula is C18H25N3O6. The van der Waals surface area contributed by atoms with E-state index >= 15 is 0 Å². The molecular weight excluding hydrogens is 354 g/mol. The molecule has 1 aliphatic heterocycles. The fourth-order valence-electron chi connectivity index (χ4n) is 2.60. The maximum atomic E-state index is 12.3. The highest BCUT2D eigenvalue weighted by Crippen LogP contribution is 2.28. The van der Waals surface area contributed by atoms with Crippen molar-refractivity contribution in [3.63, 3.8) is 0 Å². The smallest absolute Gasteiger partial charge is 0.412 e. The number of ether oxygens (including phenoxy) is 2. The predicted octanol–water partition coefficient (Wildman–Crippen LogP) is 0.848. The molecule has 0 saturated carbocycles. The Bertz CT molecular complexity index is 771. The number of hydrogen-bond acceptors (Lipinski definition) is 7. The van der Waals surface area contributed by atoms with Gasteiger partial charge >= 0.3 is 11.8 Å². The van der Waals surface area contributed by atoms with Crippen LogP contribution in [0.15, 0.2) is 11.0 Å². The normalized spacial score (nSPS) is 25.6. The lowest BCUT2D eigenvalue weighted by Gasteiger charge is -2.18. The molecule has 5 atom stereocenters. The third-order valence-corrected chi connectivity index (χ3v) is 4.62. The van der Waals surface area contributed by atoms with E-state index in [2.05, 4.69) is 23.1 Å². The summed E-state index contributed by atoms with van der Waals surface area (Å²) < 4.78 is 11.5. The van der Waals surface area contributed by atoms with Crippen molar-refractivity contribution in [2.24, 2.45) is 5.92 Å². The summed E-state index contributed by atoms with van der Waals surface area (Å²) in [6, 6.07) is 0. The summed E-state index contributed by atoms with van der Waals surface area (Å²) in [4.78, 5) is 27.9. The van der Waals surface area contributed by atoms with Crippen LogP contribution in [0, 0.1) is 18.3 Å². The topological polar surface area (TPSA) is 123 Å². The molecule has 0 bridgehead atoms. The third-order valence-electron chi connectivity index (χ3n) is 4.62. The highest BCUT2D eigenvalue weighted by Gasteiger charge is 2.42. The fourth-order valence-corrected chi connectivity index (χ4v) is 2.60. The van der Waals surface area contributed by atoms with Crippen LogP contribution < -0.4 is 11.0 Å². The second-order valence-electron chi connectivity index (χ2n) is 6.61. The molecule has 0 aromatic carbocycles. The summed E-state index contributed by atoms with van der Waals surface area (Å²) in [5, 5.41) is 22.2. The highest BCUT2D eigenvalue weighted by molar-refractivity contribution is 5.84. The number of aliphatic hydroxyl groups excluding tert-OH is 2. The summed E-state index contributed by atoms with van der Waals surface area (Å²) in [5.74, 6) is 2.63. The fraction of sp³-hybridized carbons (Fsp3) is 0.611. The second kappa shape index (κ2) is 8.99. The van der Waals surface area contributed by atoms with Crippen molar-refractivity contribution in [2.75, 3.05) is 11.9 Å². The molecule has 2 heterocycles. The zero-order valence-corrected chi connectivity index (χ0v) is 15.6. The molecule has 148 valence electrons. The largest absolute Gasteiger partial charge is 0.449 e. The van der Waals surface area contributed by atoms with E-state index in [0.717, 1.165) is 17.4 Å². The van der Waals surface area contributed by atoms with Crippen molar-refractivity contribution in [1.82, 2.24) is 9.55 Å². The average molecular weight is 379 g/mol. The van der Waals surface area contributed by atoms with Crippen LogP contribution in [0.3, 0.4) is 0 Å². The van der Waals surface area contributed by atoms with Gasteiger partial charge in [0.2, 0.25) is 0 Å². The molecule has 1 aliphatic rings. The molecule has 0 spiro atoms. The number of amides is 1. The molecule has 27 heavy (non-hydrogen) atoms. The Balaban J connectivity index is 2.14. The van der Waals surface area contributed by atoms with Gasteiger partial charge in [-0.25, -0.2) is 9.59 Å². The van der Waals surface area contributed by atoms with Crippen LogP contribution >= 0.6 is 0 Å². The number of hydrogen-bond donors (Lipinski definition) is 3. The lowest BCUT2D eigenvalue weighted by atomic mass is 10.1. The molecule has 0 radical (unpaired) electrons. The van der Waals surface area contributed by atoms with Gasteiger partial charge in [0.05, 0.1) is 18.3 Å². The second-order valence-corrected chi connectivity index (χ2v) is 6.61. The third kappa shape index (κ3) is 4.86. The lowest BCUT2D eigenvalue weighted by Crippen LogP contribution is -2.36. The Hall–Kier alpha value is -2.41. The van der Waals surface area contributed by atoms with Crippen molar-refractivity contribution in [3.05, 3.63) is 22.2 Å². The number of carbonyl (C=O) groups excluding carboxylic acids is 1. The van der Waals surface area contributed by atoms with Crippen molar-refractivity contribution >= 4 is 11.9 Å². The zero-order chi connectivity index (χ0) is 20.1. The summed E-state index contributed by atoms with van der Waals surface area (Å²) in [6.45, 7) is 5.91. The van der Waals surface area contributed by atoms with Crippen LogP contribution in [0.2, 0.25) is 0 Å². The van der Waals surface area contributed by atoms with Gasteiger partial charge < -0.3 is 19.7 Å². The Kier molecular flexibility index (Phi) is 6.96. The molecule has 1 fully saturated rings. The van der Waals surface area contributed by atoms with Crippen molar-refractivity contribution in [1.29, 1.82) is 0 Å². The first-order valence-electron chi connectivity index (χ1n) is 8.83. The summed E-state index contributed by atoms with van der Waals surface area (Å²) in [7, 11) is 0. The number of nitrogens with zero attached hydrogens (tertiary/aromatic N) is 2. The average Bonchev–Trinajstić information content (AvgIpc) is 2.89. The van der Waals surface area contributed by atoms with Crippen molar-refractivity contribution in [2.45, 2.75) is 58.2 Å². The first-order chi connectivity index (χ1) is 12.8. The molecule has 9 heteroatoms. The molecule has 1 aromatic heterocycles. The van der Waals surface area contributed by atoms with Crippen molar-refractivity contribution in [3.8, 4) is 12.3 Å². The first kappa shape index (κ1) is 20.9. The van der Waals surface area contributed by atoms with E-state index in [1.54, 1.807) is 6.92 Å². The first-order valence-corrected chi connectivity index (χ1v) is 8.83. The minimum atomic E-state index is -1.31.